The van der Waals surface area contributed by atoms with Crippen molar-refractivity contribution in [2.45, 2.75) is 65.0 Å². The van der Waals surface area contributed by atoms with Crippen molar-refractivity contribution in [1.82, 2.24) is 10.2 Å². The third-order valence-electron chi connectivity index (χ3n) is 5.74. The SMILES string of the molecule is CCC(C)(C)C1CCC(NC(=O)N2CCOC(C(N)=O)C2)CC1. The fourth-order valence-electron chi connectivity index (χ4n) is 3.58. The normalized spacial score (nSPS) is 29.2. The molecule has 0 bridgehead atoms. The number of primary amides is 1. The van der Waals surface area contributed by atoms with Crippen LogP contribution in [-0.4, -0.2) is 48.7 Å². The second-order valence-electron chi connectivity index (χ2n) is 7.55. The molecular formula is C17H31N3O3. The van der Waals surface area contributed by atoms with E-state index in [1.54, 1.807) is 4.90 Å². The van der Waals surface area contributed by atoms with Crippen LogP contribution < -0.4 is 11.1 Å². The summed E-state index contributed by atoms with van der Waals surface area (Å²) < 4.78 is 5.28. The molecule has 6 heteroatoms. The Labute approximate surface area is 139 Å². The van der Waals surface area contributed by atoms with E-state index in [9.17, 15) is 9.59 Å². The van der Waals surface area contributed by atoms with Crippen LogP contribution in [0.1, 0.15) is 52.9 Å². The summed E-state index contributed by atoms with van der Waals surface area (Å²) >= 11 is 0. The molecule has 3 N–H and O–H groups in total. The van der Waals surface area contributed by atoms with E-state index in [0.717, 1.165) is 18.8 Å². The van der Waals surface area contributed by atoms with Gasteiger partial charge in [-0.25, -0.2) is 4.79 Å². The molecule has 1 saturated carbocycles. The zero-order chi connectivity index (χ0) is 17.0. The van der Waals surface area contributed by atoms with Gasteiger partial charge in [0.05, 0.1) is 13.2 Å². The Bertz CT molecular complexity index is 431. The monoisotopic (exact) mass is 325 g/mol. The van der Waals surface area contributed by atoms with Gasteiger partial charge >= 0.3 is 6.03 Å². The molecular weight excluding hydrogens is 294 g/mol. The number of hydrogen-bond donors (Lipinski definition) is 2. The molecule has 2 fully saturated rings. The third kappa shape index (κ3) is 4.59. The molecule has 6 nitrogen and oxygen atoms in total. The van der Waals surface area contributed by atoms with Gasteiger partial charge in [0.1, 0.15) is 0 Å². The lowest BCUT2D eigenvalue weighted by Gasteiger charge is -2.40. The number of urea groups is 1. The maximum atomic E-state index is 12.4. The highest BCUT2D eigenvalue weighted by Crippen LogP contribution is 2.40. The van der Waals surface area contributed by atoms with Crippen LogP contribution in [0.4, 0.5) is 4.79 Å². The second-order valence-corrected chi connectivity index (χ2v) is 7.55. The third-order valence-corrected chi connectivity index (χ3v) is 5.74. The number of nitrogens with one attached hydrogen (secondary N) is 1. The lowest BCUT2D eigenvalue weighted by molar-refractivity contribution is -0.133. The molecule has 1 aliphatic heterocycles. The molecule has 0 aromatic rings. The summed E-state index contributed by atoms with van der Waals surface area (Å²) in [6.45, 7) is 8.05. The van der Waals surface area contributed by atoms with E-state index in [0.29, 0.717) is 18.6 Å². The van der Waals surface area contributed by atoms with E-state index >= 15 is 0 Å². The molecule has 0 aromatic carbocycles. The molecule has 2 aliphatic rings. The molecule has 23 heavy (non-hydrogen) atoms. The van der Waals surface area contributed by atoms with Gasteiger partial charge in [-0.1, -0.05) is 27.2 Å². The Kier molecular flexibility index (Phi) is 5.89. The van der Waals surface area contributed by atoms with E-state index in [1.165, 1.54) is 19.3 Å². The fourth-order valence-corrected chi connectivity index (χ4v) is 3.58. The molecule has 1 heterocycles. The lowest BCUT2D eigenvalue weighted by Crippen LogP contribution is -2.55. The smallest absolute Gasteiger partial charge is 0.317 e. The first-order valence-electron chi connectivity index (χ1n) is 8.80. The maximum Gasteiger partial charge on any atom is 0.317 e. The topological polar surface area (TPSA) is 84.7 Å². The Balaban J connectivity index is 1.80. The number of amides is 3. The Hall–Kier alpha value is -1.30. The van der Waals surface area contributed by atoms with Gasteiger partial charge in [-0.15, -0.1) is 0 Å². The molecule has 1 saturated heterocycles. The summed E-state index contributed by atoms with van der Waals surface area (Å²) in [4.78, 5) is 25.2. The average Bonchev–Trinajstić information content (AvgIpc) is 2.55. The zero-order valence-corrected chi connectivity index (χ0v) is 14.6. The van der Waals surface area contributed by atoms with E-state index in [2.05, 4.69) is 26.1 Å². The second kappa shape index (κ2) is 7.51. The minimum atomic E-state index is -0.685. The quantitative estimate of drug-likeness (QED) is 0.827. The van der Waals surface area contributed by atoms with E-state index < -0.39 is 12.0 Å². The van der Waals surface area contributed by atoms with Crippen molar-refractivity contribution < 1.29 is 14.3 Å². The van der Waals surface area contributed by atoms with Crippen LogP contribution in [0, 0.1) is 11.3 Å². The summed E-state index contributed by atoms with van der Waals surface area (Å²) in [7, 11) is 0. The van der Waals surface area contributed by atoms with Crippen LogP contribution in [0.25, 0.3) is 0 Å². The highest BCUT2D eigenvalue weighted by atomic mass is 16.5. The summed E-state index contributed by atoms with van der Waals surface area (Å²) in [5.41, 5.74) is 5.64. The molecule has 1 atom stereocenters. The van der Waals surface area contributed by atoms with Crippen molar-refractivity contribution in [3.8, 4) is 0 Å². The molecule has 0 radical (unpaired) electrons. The van der Waals surface area contributed by atoms with Crippen LogP contribution in [0.5, 0.6) is 0 Å². The number of carbonyl (C=O) groups excluding carboxylic acids is 2. The number of carbonyl (C=O) groups is 2. The van der Waals surface area contributed by atoms with Crippen LogP contribution in [-0.2, 0) is 9.53 Å². The number of nitrogens with two attached hydrogens (primary N) is 1. The summed E-state index contributed by atoms with van der Waals surface area (Å²) in [6, 6.07) is 0.138. The molecule has 132 valence electrons. The van der Waals surface area contributed by atoms with Crippen molar-refractivity contribution >= 4 is 11.9 Å². The zero-order valence-electron chi connectivity index (χ0n) is 14.6. The summed E-state index contributed by atoms with van der Waals surface area (Å²) in [6.07, 6.45) is 4.90. The van der Waals surface area contributed by atoms with Crippen molar-refractivity contribution in [3.05, 3.63) is 0 Å². The van der Waals surface area contributed by atoms with Gasteiger partial charge in [-0.05, 0) is 37.0 Å². The molecule has 0 spiro atoms. The maximum absolute atomic E-state index is 12.4. The number of rotatable bonds is 4. The number of ether oxygens (including phenoxy) is 1. The van der Waals surface area contributed by atoms with Crippen LogP contribution in [0.2, 0.25) is 0 Å². The Morgan fingerprint density at radius 1 is 1.26 bits per heavy atom. The minimum absolute atomic E-state index is 0.0993. The molecule has 2 rings (SSSR count). The minimum Gasteiger partial charge on any atom is -0.367 e. The average molecular weight is 325 g/mol. The highest BCUT2D eigenvalue weighted by molar-refractivity contribution is 5.81. The first-order chi connectivity index (χ1) is 10.8. The highest BCUT2D eigenvalue weighted by Gasteiger charge is 2.33. The van der Waals surface area contributed by atoms with Crippen LogP contribution in [0.3, 0.4) is 0 Å². The Morgan fingerprint density at radius 3 is 2.48 bits per heavy atom. The van der Waals surface area contributed by atoms with E-state index in [1.807, 2.05) is 0 Å². The van der Waals surface area contributed by atoms with Gasteiger partial charge in [-0.2, -0.15) is 0 Å². The molecule has 1 unspecified atom stereocenters. The number of nitrogens with zero attached hydrogens (tertiary/aromatic N) is 1. The number of hydrogen-bond acceptors (Lipinski definition) is 3. The first-order valence-corrected chi connectivity index (χ1v) is 8.80. The van der Waals surface area contributed by atoms with Gasteiger partial charge in [0, 0.05) is 12.6 Å². The van der Waals surface area contributed by atoms with Crippen LogP contribution >= 0.6 is 0 Å². The van der Waals surface area contributed by atoms with E-state index in [-0.39, 0.29) is 18.6 Å². The Morgan fingerprint density at radius 2 is 1.91 bits per heavy atom. The molecule has 1 aliphatic carbocycles. The van der Waals surface area contributed by atoms with Crippen molar-refractivity contribution in [3.63, 3.8) is 0 Å². The predicted octanol–water partition coefficient (Wildman–Crippen LogP) is 1.88. The molecule has 0 aromatic heterocycles. The van der Waals surface area contributed by atoms with Gasteiger partial charge in [0.15, 0.2) is 6.10 Å². The summed E-state index contributed by atoms with van der Waals surface area (Å²) in [5, 5.41) is 3.12. The van der Waals surface area contributed by atoms with Crippen molar-refractivity contribution in [2.75, 3.05) is 19.7 Å². The molecule has 3 amide bonds. The number of morpholine rings is 1. The van der Waals surface area contributed by atoms with Gasteiger partial charge in [-0.3, -0.25) is 4.79 Å². The van der Waals surface area contributed by atoms with Crippen molar-refractivity contribution in [1.29, 1.82) is 0 Å². The van der Waals surface area contributed by atoms with Gasteiger partial charge < -0.3 is 20.7 Å². The first kappa shape index (κ1) is 18.0. The standard InChI is InChI=1S/C17H31N3O3/c1-4-17(2,3)12-5-7-13(8-6-12)19-16(22)20-9-10-23-14(11-20)15(18)21/h12-14H,4-11H2,1-3H3,(H2,18,21)(H,19,22). The van der Waals surface area contributed by atoms with Crippen molar-refractivity contribution in [2.24, 2.45) is 17.1 Å². The van der Waals surface area contributed by atoms with Gasteiger partial charge in [0.25, 0.3) is 0 Å². The largest absolute Gasteiger partial charge is 0.367 e. The fraction of sp³-hybridized carbons (Fsp3) is 0.882. The summed E-state index contributed by atoms with van der Waals surface area (Å²) in [5.74, 6) is 0.230. The lowest BCUT2D eigenvalue weighted by atomic mass is 9.69. The van der Waals surface area contributed by atoms with E-state index in [4.69, 9.17) is 10.5 Å². The predicted molar refractivity (Wildman–Crippen MR) is 88.9 cm³/mol. The van der Waals surface area contributed by atoms with Crippen LogP contribution in [0.15, 0.2) is 0 Å². The van der Waals surface area contributed by atoms with Gasteiger partial charge in [0.2, 0.25) is 5.91 Å².